The van der Waals surface area contributed by atoms with Crippen LogP contribution in [0.4, 0.5) is 4.39 Å². The molecule has 6 aromatic rings. The quantitative estimate of drug-likeness (QED) is 0.101. The highest BCUT2D eigenvalue weighted by atomic mass is 35.5. The largest absolute Gasteiger partial charge is 0.493 e. The first-order valence-electron chi connectivity index (χ1n) is 21.9. The number of piperazine rings is 1. The van der Waals surface area contributed by atoms with Gasteiger partial charge in [-0.3, -0.25) is 43.8 Å². The zero-order valence-corrected chi connectivity index (χ0v) is 37.5. The van der Waals surface area contributed by atoms with E-state index in [4.69, 9.17) is 26.2 Å². The lowest BCUT2D eigenvalue weighted by Gasteiger charge is -2.35. The van der Waals surface area contributed by atoms with Crippen molar-refractivity contribution in [3.63, 3.8) is 0 Å². The molecule has 0 aliphatic carbocycles. The lowest BCUT2D eigenvalue weighted by molar-refractivity contribution is -0.136. The van der Waals surface area contributed by atoms with Crippen molar-refractivity contribution in [3.8, 4) is 22.6 Å². The molecule has 2 aromatic heterocycles. The summed E-state index contributed by atoms with van der Waals surface area (Å²) >= 11 is 7.12. The van der Waals surface area contributed by atoms with Crippen LogP contribution in [-0.4, -0.2) is 111 Å². The first-order chi connectivity index (χ1) is 31.3. The Labute approximate surface area is 379 Å². The van der Waals surface area contributed by atoms with E-state index in [1.54, 1.807) is 17.0 Å². The number of ether oxygens (including phenoxy) is 2. The fourth-order valence-corrected chi connectivity index (χ4v) is 9.91. The van der Waals surface area contributed by atoms with Crippen LogP contribution in [0.25, 0.3) is 32.8 Å². The van der Waals surface area contributed by atoms with E-state index in [1.807, 2.05) is 42.9 Å². The number of aryl methyl sites for hydroxylation is 3. The van der Waals surface area contributed by atoms with Crippen LogP contribution in [-0.2, 0) is 34.4 Å². The SMILES string of the molecule is Cc1nn(C)c(C)c1-c1c(Cl)ccc2c(CCCOc3cccc4cc(F)ccc34)c(C)n(CCN3CCN(C(=O)COc4cccc5c4C(=O)N(C4CCC(=O)NC4=O)C5=O)CC3)c12. The number of piperidine rings is 1. The van der Waals surface area contributed by atoms with Gasteiger partial charge in [0.05, 0.1) is 34.0 Å². The number of amides is 5. The Bertz CT molecular complexity index is 2940. The standard InChI is InChI=1S/C49H49ClFN7O7/c1-28-43(30(3)54(4)53-28)45-37(50)16-15-35-33(10-7-25-64-39-11-5-8-31-26-32(51)13-14-34(31)39)29(2)57(46(35)45)24-21-55-19-22-56(23-20-55)42(60)27-65-40-12-6-9-36-44(40)49(63)58(48(36)62)38-17-18-41(59)52-47(38)61/h5-6,8-9,11-16,26,38H,7,10,17-25,27H2,1-4H3,(H,52,59,61). The lowest BCUT2D eigenvalue weighted by Crippen LogP contribution is -2.54. The number of fused-ring (bicyclic) bond motifs is 3. The van der Waals surface area contributed by atoms with Crippen LogP contribution in [0, 0.1) is 26.6 Å². The Balaban J connectivity index is 0.873. The molecule has 0 radical (unpaired) electrons. The summed E-state index contributed by atoms with van der Waals surface area (Å²) in [5.74, 6) is -2.22. The Morgan fingerprint density at radius 2 is 1.60 bits per heavy atom. The Morgan fingerprint density at radius 3 is 2.35 bits per heavy atom. The average Bonchev–Trinajstić information content (AvgIpc) is 3.82. The Kier molecular flexibility index (Phi) is 11.9. The molecule has 3 aliphatic heterocycles. The van der Waals surface area contributed by atoms with Crippen molar-refractivity contribution in [2.24, 2.45) is 7.05 Å². The maximum atomic E-state index is 13.9. The predicted molar refractivity (Wildman–Crippen MR) is 243 cm³/mol. The zero-order chi connectivity index (χ0) is 45.7. The lowest BCUT2D eigenvalue weighted by atomic mass is 9.98. The molecule has 3 aliphatic rings. The van der Waals surface area contributed by atoms with Gasteiger partial charge in [-0.25, -0.2) is 4.39 Å². The maximum absolute atomic E-state index is 13.9. The molecule has 5 heterocycles. The minimum Gasteiger partial charge on any atom is -0.493 e. The van der Waals surface area contributed by atoms with Crippen LogP contribution in [0.1, 0.15) is 62.6 Å². The topological polar surface area (TPSA) is 148 Å². The predicted octanol–water partition coefficient (Wildman–Crippen LogP) is 6.55. The zero-order valence-electron chi connectivity index (χ0n) is 36.7. The molecule has 0 bridgehead atoms. The fraction of sp³-hybridized carbons (Fsp3) is 0.347. The van der Waals surface area contributed by atoms with Crippen molar-refractivity contribution in [1.82, 2.24) is 34.4 Å². The molecule has 0 spiro atoms. The van der Waals surface area contributed by atoms with Gasteiger partial charge in [0.25, 0.3) is 17.7 Å². The highest BCUT2D eigenvalue weighted by Crippen LogP contribution is 2.42. The van der Waals surface area contributed by atoms with E-state index in [-0.39, 0.29) is 48.0 Å². The number of hydrogen-bond acceptors (Lipinski definition) is 9. The van der Waals surface area contributed by atoms with Crippen LogP contribution in [0.5, 0.6) is 11.5 Å². The van der Waals surface area contributed by atoms with E-state index < -0.39 is 29.7 Å². The van der Waals surface area contributed by atoms with E-state index in [1.165, 1.54) is 29.8 Å². The van der Waals surface area contributed by atoms with Gasteiger partial charge in [-0.1, -0.05) is 35.9 Å². The molecule has 9 rings (SSSR count). The summed E-state index contributed by atoms with van der Waals surface area (Å²) in [5.41, 5.74) is 7.38. The molecule has 336 valence electrons. The monoisotopic (exact) mass is 901 g/mol. The van der Waals surface area contributed by atoms with Gasteiger partial charge >= 0.3 is 0 Å². The van der Waals surface area contributed by atoms with Gasteiger partial charge in [0.1, 0.15) is 23.4 Å². The van der Waals surface area contributed by atoms with E-state index in [0.717, 1.165) is 79.9 Å². The summed E-state index contributed by atoms with van der Waals surface area (Å²) < 4.78 is 30.4. The first-order valence-corrected chi connectivity index (χ1v) is 22.3. The summed E-state index contributed by atoms with van der Waals surface area (Å²) in [6, 6.07) is 18.0. The van der Waals surface area contributed by atoms with Crippen molar-refractivity contribution in [2.45, 2.75) is 59.0 Å². The third kappa shape index (κ3) is 8.11. The summed E-state index contributed by atoms with van der Waals surface area (Å²) in [5, 5.41) is 10.4. The molecule has 4 aromatic carbocycles. The molecular formula is C49H49ClFN7O7. The summed E-state index contributed by atoms with van der Waals surface area (Å²) in [6.07, 6.45) is 1.56. The Hall–Kier alpha value is -6.58. The Morgan fingerprint density at radius 1 is 0.846 bits per heavy atom. The van der Waals surface area contributed by atoms with Gasteiger partial charge in [0, 0.05) is 86.0 Å². The van der Waals surface area contributed by atoms with Crippen molar-refractivity contribution in [2.75, 3.05) is 45.9 Å². The van der Waals surface area contributed by atoms with E-state index in [2.05, 4.69) is 34.7 Å². The number of hydrogen-bond donors (Lipinski definition) is 1. The number of nitrogens with zero attached hydrogens (tertiary/aromatic N) is 6. The summed E-state index contributed by atoms with van der Waals surface area (Å²) in [6.45, 7) is 9.99. The van der Waals surface area contributed by atoms with Gasteiger partial charge in [-0.05, 0) is 93.4 Å². The molecule has 2 fully saturated rings. The molecule has 1 unspecified atom stereocenters. The second-order valence-electron chi connectivity index (χ2n) is 16.9. The van der Waals surface area contributed by atoms with E-state index >= 15 is 0 Å². The van der Waals surface area contributed by atoms with Crippen LogP contribution < -0.4 is 14.8 Å². The number of imide groups is 2. The number of benzene rings is 4. The number of halogens is 2. The summed E-state index contributed by atoms with van der Waals surface area (Å²) in [7, 11) is 1.94. The number of rotatable bonds is 13. The first kappa shape index (κ1) is 43.7. The van der Waals surface area contributed by atoms with Gasteiger partial charge < -0.3 is 18.9 Å². The minimum absolute atomic E-state index is 0.00199. The second kappa shape index (κ2) is 17.8. The normalized spacial score (nSPS) is 16.8. The highest BCUT2D eigenvalue weighted by Gasteiger charge is 2.46. The maximum Gasteiger partial charge on any atom is 0.266 e. The van der Waals surface area contributed by atoms with Crippen LogP contribution in [0.3, 0.4) is 0 Å². The molecule has 14 nitrogen and oxygen atoms in total. The molecule has 1 atom stereocenters. The van der Waals surface area contributed by atoms with Gasteiger partial charge in [0.15, 0.2) is 6.61 Å². The van der Waals surface area contributed by atoms with Crippen molar-refractivity contribution >= 4 is 62.8 Å². The molecule has 16 heteroatoms. The molecule has 0 saturated carbocycles. The molecule has 2 saturated heterocycles. The second-order valence-corrected chi connectivity index (χ2v) is 17.3. The van der Waals surface area contributed by atoms with Gasteiger partial charge in [0.2, 0.25) is 11.8 Å². The van der Waals surface area contributed by atoms with Crippen LogP contribution in [0.15, 0.2) is 66.7 Å². The van der Waals surface area contributed by atoms with Crippen molar-refractivity contribution in [1.29, 1.82) is 0 Å². The summed E-state index contributed by atoms with van der Waals surface area (Å²) in [4.78, 5) is 69.5. The number of nitrogens with one attached hydrogen (secondary N) is 1. The molecule has 5 amide bonds. The van der Waals surface area contributed by atoms with Gasteiger partial charge in [-0.15, -0.1) is 0 Å². The molecule has 65 heavy (non-hydrogen) atoms. The number of aromatic nitrogens is 3. The van der Waals surface area contributed by atoms with Crippen LogP contribution >= 0.6 is 11.6 Å². The van der Waals surface area contributed by atoms with Gasteiger partial charge in [-0.2, -0.15) is 5.10 Å². The van der Waals surface area contributed by atoms with Crippen molar-refractivity contribution in [3.05, 3.63) is 111 Å². The number of carbonyl (C=O) groups is 5. The average molecular weight is 902 g/mol. The van der Waals surface area contributed by atoms with E-state index in [0.29, 0.717) is 44.4 Å². The highest BCUT2D eigenvalue weighted by molar-refractivity contribution is 6.35. The number of carbonyl (C=O) groups excluding carboxylic acids is 5. The minimum atomic E-state index is -1.11. The van der Waals surface area contributed by atoms with Crippen LogP contribution in [0.2, 0.25) is 5.02 Å². The third-order valence-electron chi connectivity index (χ3n) is 13.1. The third-order valence-corrected chi connectivity index (χ3v) is 13.4. The fourth-order valence-electron chi connectivity index (χ4n) is 9.66. The molecule has 1 N–H and O–H groups in total. The van der Waals surface area contributed by atoms with E-state index in [9.17, 15) is 28.4 Å². The smallest absolute Gasteiger partial charge is 0.266 e. The van der Waals surface area contributed by atoms with Crippen molar-refractivity contribution < 1.29 is 37.8 Å². The molecular weight excluding hydrogens is 853 g/mol.